The van der Waals surface area contributed by atoms with Crippen LogP contribution in [0.2, 0.25) is 0 Å². The molecule has 2 atom stereocenters. The normalized spacial score (nSPS) is 17.0. The number of carbonyl (C=O) groups excluding carboxylic acids is 3. The highest BCUT2D eigenvalue weighted by Crippen LogP contribution is 2.23. The Morgan fingerprint density at radius 1 is 1.13 bits per heavy atom. The summed E-state index contributed by atoms with van der Waals surface area (Å²) in [6, 6.07) is 13.7. The van der Waals surface area contributed by atoms with Crippen molar-refractivity contribution in [1.82, 2.24) is 0 Å². The molecule has 5 N–H and O–H groups in total. The number of ether oxygens (including phenoxy) is 1. The Balaban J connectivity index is 1.68. The van der Waals surface area contributed by atoms with Gasteiger partial charge in [-0.3, -0.25) is 9.59 Å². The zero-order valence-corrected chi connectivity index (χ0v) is 15.7. The van der Waals surface area contributed by atoms with Gasteiger partial charge in [0.2, 0.25) is 0 Å². The predicted octanol–water partition coefficient (Wildman–Crippen LogP) is 0.780. The summed E-state index contributed by atoms with van der Waals surface area (Å²) in [7, 11) is 0. The molecule has 0 bridgehead atoms. The third-order valence-corrected chi connectivity index (χ3v) is 4.41. The van der Waals surface area contributed by atoms with Crippen LogP contribution in [-0.2, 0) is 14.3 Å². The van der Waals surface area contributed by atoms with Crippen molar-refractivity contribution in [2.24, 2.45) is 5.73 Å². The van der Waals surface area contributed by atoms with E-state index in [2.05, 4.69) is 10.6 Å². The first kappa shape index (κ1) is 20.8. The van der Waals surface area contributed by atoms with Gasteiger partial charge in [0, 0.05) is 23.6 Å². The minimum atomic E-state index is -1.73. The number of urea groups is 1. The van der Waals surface area contributed by atoms with Crippen molar-refractivity contribution in [3.05, 3.63) is 54.1 Å². The molecule has 1 fully saturated rings. The number of nitrogens with one attached hydrogen (secondary N) is 2. The third-order valence-electron chi connectivity index (χ3n) is 4.41. The molecule has 0 aromatic heterocycles. The van der Waals surface area contributed by atoms with Gasteiger partial charge in [0.1, 0.15) is 0 Å². The van der Waals surface area contributed by atoms with E-state index < -0.39 is 30.1 Å². The van der Waals surface area contributed by atoms with Gasteiger partial charge in [0.05, 0.1) is 18.2 Å². The van der Waals surface area contributed by atoms with Crippen molar-refractivity contribution in [1.29, 1.82) is 5.26 Å². The van der Waals surface area contributed by atoms with Crippen molar-refractivity contribution < 1.29 is 24.2 Å². The van der Waals surface area contributed by atoms with Gasteiger partial charge < -0.3 is 31.1 Å². The molecule has 1 saturated heterocycles. The second-order valence-corrected chi connectivity index (χ2v) is 6.44. The number of rotatable bonds is 5. The SMILES string of the molecule is N#Cc1ccc(NC(=O)[C@H](O)[C@H]2OCCN(c3ccc(NC(N)=O)cc3)C2=O)cc1. The maximum atomic E-state index is 12.8. The van der Waals surface area contributed by atoms with E-state index in [4.69, 9.17) is 15.7 Å². The van der Waals surface area contributed by atoms with Gasteiger partial charge in [-0.1, -0.05) is 0 Å². The summed E-state index contributed by atoms with van der Waals surface area (Å²) < 4.78 is 5.36. The maximum absolute atomic E-state index is 12.8. The molecule has 0 saturated carbocycles. The van der Waals surface area contributed by atoms with Crippen LogP contribution >= 0.6 is 0 Å². The van der Waals surface area contributed by atoms with Crippen LogP contribution in [0.5, 0.6) is 0 Å². The monoisotopic (exact) mass is 409 g/mol. The van der Waals surface area contributed by atoms with Crippen molar-refractivity contribution in [3.63, 3.8) is 0 Å². The Labute approximate surface area is 171 Å². The van der Waals surface area contributed by atoms with E-state index in [9.17, 15) is 19.5 Å². The quantitative estimate of drug-likeness (QED) is 0.571. The number of morpholine rings is 1. The van der Waals surface area contributed by atoms with Crippen LogP contribution in [0.15, 0.2) is 48.5 Å². The molecule has 1 aliphatic rings. The van der Waals surface area contributed by atoms with E-state index in [-0.39, 0.29) is 13.2 Å². The number of amides is 4. The van der Waals surface area contributed by atoms with Crippen molar-refractivity contribution >= 4 is 34.9 Å². The number of aliphatic hydroxyl groups is 1. The molecule has 0 radical (unpaired) electrons. The summed E-state index contributed by atoms with van der Waals surface area (Å²) in [4.78, 5) is 37.5. The summed E-state index contributed by atoms with van der Waals surface area (Å²) in [5.74, 6) is -1.37. The van der Waals surface area contributed by atoms with E-state index in [0.29, 0.717) is 22.6 Å². The lowest BCUT2D eigenvalue weighted by atomic mass is 10.1. The van der Waals surface area contributed by atoms with Crippen LogP contribution in [0.25, 0.3) is 0 Å². The van der Waals surface area contributed by atoms with Crippen molar-refractivity contribution in [3.8, 4) is 6.07 Å². The maximum Gasteiger partial charge on any atom is 0.316 e. The van der Waals surface area contributed by atoms with Crippen LogP contribution in [0, 0.1) is 11.3 Å². The summed E-state index contributed by atoms with van der Waals surface area (Å²) in [6.07, 6.45) is -3.10. The Morgan fingerprint density at radius 3 is 2.33 bits per heavy atom. The van der Waals surface area contributed by atoms with Crippen LogP contribution in [0.4, 0.5) is 21.9 Å². The molecule has 10 heteroatoms. The average molecular weight is 409 g/mol. The van der Waals surface area contributed by atoms with Gasteiger partial charge in [-0.25, -0.2) is 4.79 Å². The second-order valence-electron chi connectivity index (χ2n) is 6.44. The third kappa shape index (κ3) is 4.72. The van der Waals surface area contributed by atoms with E-state index in [1.165, 1.54) is 29.2 Å². The Bertz CT molecular complexity index is 984. The van der Waals surface area contributed by atoms with E-state index in [0.717, 1.165) is 0 Å². The molecular formula is C20H19N5O5. The van der Waals surface area contributed by atoms with Crippen LogP contribution in [-0.4, -0.2) is 48.3 Å². The summed E-state index contributed by atoms with van der Waals surface area (Å²) in [6.45, 7) is 0.362. The molecule has 0 spiro atoms. The number of hydrogen-bond acceptors (Lipinski definition) is 6. The van der Waals surface area contributed by atoms with Crippen LogP contribution < -0.4 is 21.3 Å². The van der Waals surface area contributed by atoms with Gasteiger partial charge in [0.25, 0.3) is 11.8 Å². The minimum Gasteiger partial charge on any atom is -0.380 e. The molecule has 154 valence electrons. The number of nitrogens with zero attached hydrogens (tertiary/aromatic N) is 2. The number of nitriles is 1. The summed E-state index contributed by atoms with van der Waals surface area (Å²) >= 11 is 0. The molecule has 2 aromatic carbocycles. The first-order chi connectivity index (χ1) is 14.4. The summed E-state index contributed by atoms with van der Waals surface area (Å²) in [5.41, 5.74) is 6.84. The fraction of sp³-hybridized carbons (Fsp3) is 0.200. The highest BCUT2D eigenvalue weighted by atomic mass is 16.5. The molecular weight excluding hydrogens is 390 g/mol. The fourth-order valence-corrected chi connectivity index (χ4v) is 2.94. The van der Waals surface area contributed by atoms with Gasteiger partial charge in [-0.15, -0.1) is 0 Å². The van der Waals surface area contributed by atoms with Crippen LogP contribution in [0.3, 0.4) is 0 Å². The fourth-order valence-electron chi connectivity index (χ4n) is 2.94. The van der Waals surface area contributed by atoms with E-state index in [1.54, 1.807) is 24.3 Å². The van der Waals surface area contributed by atoms with Gasteiger partial charge >= 0.3 is 6.03 Å². The number of primary amides is 1. The van der Waals surface area contributed by atoms with Gasteiger partial charge in [-0.05, 0) is 48.5 Å². The van der Waals surface area contributed by atoms with Gasteiger partial charge in [-0.2, -0.15) is 5.26 Å². The molecule has 2 aromatic rings. The van der Waals surface area contributed by atoms with Crippen molar-refractivity contribution in [2.75, 3.05) is 28.7 Å². The highest BCUT2D eigenvalue weighted by molar-refractivity contribution is 6.04. The Hall–Kier alpha value is -3.94. The Morgan fingerprint density at radius 2 is 1.73 bits per heavy atom. The summed E-state index contributed by atoms with van der Waals surface area (Å²) in [5, 5.41) is 24.1. The largest absolute Gasteiger partial charge is 0.380 e. The molecule has 30 heavy (non-hydrogen) atoms. The zero-order chi connectivity index (χ0) is 21.7. The first-order valence-corrected chi connectivity index (χ1v) is 8.97. The Kier molecular flexibility index (Phi) is 6.26. The number of hydrogen-bond donors (Lipinski definition) is 4. The van der Waals surface area contributed by atoms with Crippen molar-refractivity contribution in [2.45, 2.75) is 12.2 Å². The minimum absolute atomic E-state index is 0.124. The lowest BCUT2D eigenvalue weighted by molar-refractivity contribution is -0.150. The molecule has 4 amide bonds. The lowest BCUT2D eigenvalue weighted by Crippen LogP contribution is -2.55. The highest BCUT2D eigenvalue weighted by Gasteiger charge is 2.39. The van der Waals surface area contributed by atoms with E-state index >= 15 is 0 Å². The average Bonchev–Trinajstić information content (AvgIpc) is 2.74. The molecule has 1 aliphatic heterocycles. The second kappa shape index (κ2) is 9.04. The number of benzene rings is 2. The molecule has 3 rings (SSSR count). The van der Waals surface area contributed by atoms with Crippen LogP contribution in [0.1, 0.15) is 5.56 Å². The number of carbonyl (C=O) groups is 3. The number of anilines is 3. The smallest absolute Gasteiger partial charge is 0.316 e. The van der Waals surface area contributed by atoms with E-state index in [1.807, 2.05) is 6.07 Å². The predicted molar refractivity (Wildman–Crippen MR) is 108 cm³/mol. The lowest BCUT2D eigenvalue weighted by Gasteiger charge is -2.34. The topological polar surface area (TPSA) is 158 Å². The first-order valence-electron chi connectivity index (χ1n) is 8.97. The molecule has 1 heterocycles. The number of nitrogens with two attached hydrogens (primary N) is 1. The molecule has 0 aliphatic carbocycles. The molecule has 0 unspecified atom stereocenters. The zero-order valence-electron chi connectivity index (χ0n) is 15.7. The standard InChI is InChI=1S/C20H19N5O5/c21-11-12-1-3-13(4-2-12)23-18(27)16(26)17-19(28)25(9-10-30-17)15-7-5-14(6-8-15)24-20(22)29/h1-8,16-17,26H,9-10H2,(H,23,27)(H3,22,24,29)/t16-,17-/m1/s1. The van der Waals surface area contributed by atoms with Gasteiger partial charge in [0.15, 0.2) is 12.2 Å². The molecule has 10 nitrogen and oxygen atoms in total. The number of aliphatic hydroxyl groups excluding tert-OH is 1.